The molecule has 3 saturated carbocycles. The van der Waals surface area contributed by atoms with Crippen LogP contribution < -0.4 is 20.1 Å². The first-order chi connectivity index (χ1) is 19.7. The van der Waals surface area contributed by atoms with Crippen molar-refractivity contribution in [1.82, 2.24) is 5.32 Å². The first-order valence-corrected chi connectivity index (χ1v) is 14.1. The molecular formula is C31H34FN3O6. The summed E-state index contributed by atoms with van der Waals surface area (Å²) in [6.07, 6.45) is 4.11. The number of hydrogen-bond acceptors (Lipinski definition) is 6. The molecule has 0 saturated heterocycles. The number of halogens is 1. The van der Waals surface area contributed by atoms with Crippen LogP contribution in [-0.4, -0.2) is 42.1 Å². The van der Waals surface area contributed by atoms with Crippen molar-refractivity contribution in [3.05, 3.63) is 52.8 Å². The lowest BCUT2D eigenvalue weighted by molar-refractivity contribution is -0.143. The Hall–Kier alpha value is -4.13. The van der Waals surface area contributed by atoms with Crippen LogP contribution in [0.4, 0.5) is 10.1 Å². The summed E-state index contributed by atoms with van der Waals surface area (Å²) >= 11 is 0. The molecule has 4 atom stereocenters. The number of carbonyl (C=O) groups is 3. The van der Waals surface area contributed by atoms with Crippen LogP contribution >= 0.6 is 0 Å². The van der Waals surface area contributed by atoms with E-state index in [1.807, 2.05) is 6.92 Å². The Bertz CT molecular complexity index is 1400. The number of aliphatic carboxylic acids is 1. The second kappa shape index (κ2) is 11.8. The fraction of sp³-hybridized carbons (Fsp3) is 0.484. The van der Waals surface area contributed by atoms with Gasteiger partial charge in [0.15, 0.2) is 11.6 Å². The van der Waals surface area contributed by atoms with Gasteiger partial charge in [0.25, 0.3) is 5.91 Å². The van der Waals surface area contributed by atoms with Crippen LogP contribution in [0.1, 0.15) is 66.4 Å². The molecule has 2 aromatic carbocycles. The van der Waals surface area contributed by atoms with E-state index < -0.39 is 35.6 Å². The van der Waals surface area contributed by atoms with E-state index in [0.717, 1.165) is 30.9 Å². The van der Waals surface area contributed by atoms with Crippen LogP contribution in [0, 0.1) is 47.7 Å². The molecule has 10 heteroatoms. The summed E-state index contributed by atoms with van der Waals surface area (Å²) < 4.78 is 26.1. The fourth-order valence-electron chi connectivity index (χ4n) is 6.73. The number of methoxy groups -OCH3 is 1. The molecule has 0 spiro atoms. The predicted octanol–water partition coefficient (Wildman–Crippen LogP) is 4.82. The smallest absolute Gasteiger partial charge is 0.306 e. The Labute approximate surface area is 238 Å². The summed E-state index contributed by atoms with van der Waals surface area (Å²) in [6, 6.07) is 9.34. The van der Waals surface area contributed by atoms with Crippen LogP contribution in [0.2, 0.25) is 0 Å². The van der Waals surface area contributed by atoms with Gasteiger partial charge in [-0.3, -0.25) is 14.4 Å². The Morgan fingerprint density at radius 2 is 1.76 bits per heavy atom. The largest absolute Gasteiger partial charge is 0.496 e. The van der Waals surface area contributed by atoms with Gasteiger partial charge in [0, 0.05) is 17.8 Å². The number of ether oxygens (including phenoxy) is 2. The number of hydrogen-bond donors (Lipinski definition) is 3. The molecule has 4 unspecified atom stereocenters. The van der Waals surface area contributed by atoms with Gasteiger partial charge in [0.2, 0.25) is 5.91 Å². The molecule has 9 nitrogen and oxygen atoms in total. The molecule has 3 fully saturated rings. The van der Waals surface area contributed by atoms with E-state index in [9.17, 15) is 29.1 Å². The van der Waals surface area contributed by atoms with E-state index >= 15 is 0 Å². The number of rotatable bonds is 8. The average molecular weight is 564 g/mol. The quantitative estimate of drug-likeness (QED) is 0.419. The molecular weight excluding hydrogens is 529 g/mol. The maximum atomic E-state index is 14.9. The normalized spacial score (nSPS) is 26.6. The number of amides is 2. The number of carboxylic acids is 1. The van der Waals surface area contributed by atoms with Crippen LogP contribution in [0.5, 0.6) is 11.5 Å². The van der Waals surface area contributed by atoms with Gasteiger partial charge in [-0.2, -0.15) is 5.26 Å². The summed E-state index contributed by atoms with van der Waals surface area (Å²) in [5.74, 6) is -2.86. The minimum Gasteiger partial charge on any atom is -0.496 e. The number of carboxylic acid groups (broad SMARTS) is 1. The van der Waals surface area contributed by atoms with Gasteiger partial charge >= 0.3 is 5.97 Å². The summed E-state index contributed by atoms with van der Waals surface area (Å²) in [6.45, 7) is 1.83. The predicted molar refractivity (Wildman–Crippen MR) is 147 cm³/mol. The maximum Gasteiger partial charge on any atom is 0.306 e. The molecule has 3 aliphatic rings. The lowest BCUT2D eigenvalue weighted by Gasteiger charge is -2.31. The van der Waals surface area contributed by atoms with Gasteiger partial charge in [-0.15, -0.1) is 0 Å². The molecule has 41 heavy (non-hydrogen) atoms. The van der Waals surface area contributed by atoms with Gasteiger partial charge in [0.05, 0.1) is 42.2 Å². The van der Waals surface area contributed by atoms with E-state index in [1.54, 1.807) is 18.2 Å². The summed E-state index contributed by atoms with van der Waals surface area (Å²) in [4.78, 5) is 38.3. The number of nitrogens with zero attached hydrogens (tertiary/aromatic N) is 1. The molecule has 5 rings (SSSR count). The Morgan fingerprint density at radius 3 is 2.44 bits per heavy atom. The van der Waals surface area contributed by atoms with Gasteiger partial charge < -0.3 is 25.2 Å². The number of nitriles is 1. The maximum absolute atomic E-state index is 14.9. The summed E-state index contributed by atoms with van der Waals surface area (Å²) in [5, 5.41) is 24.6. The van der Waals surface area contributed by atoms with Crippen LogP contribution in [0.15, 0.2) is 30.3 Å². The average Bonchev–Trinajstić information content (AvgIpc) is 3.57. The van der Waals surface area contributed by atoms with Crippen LogP contribution in [-0.2, 0) is 9.59 Å². The molecule has 2 bridgehead atoms. The van der Waals surface area contributed by atoms with Crippen molar-refractivity contribution < 1.29 is 33.4 Å². The molecule has 2 aromatic rings. The third-order valence-corrected chi connectivity index (χ3v) is 8.96. The van der Waals surface area contributed by atoms with E-state index in [4.69, 9.17) is 9.47 Å². The van der Waals surface area contributed by atoms with Crippen molar-refractivity contribution in [1.29, 1.82) is 5.26 Å². The molecule has 3 N–H and O–H groups in total. The molecule has 2 amide bonds. The van der Waals surface area contributed by atoms with E-state index in [0.29, 0.717) is 36.9 Å². The van der Waals surface area contributed by atoms with Crippen molar-refractivity contribution in [2.45, 2.75) is 64.0 Å². The second-order valence-corrected chi connectivity index (χ2v) is 11.4. The van der Waals surface area contributed by atoms with Gasteiger partial charge in [0.1, 0.15) is 5.75 Å². The molecule has 0 radical (unpaired) electrons. The summed E-state index contributed by atoms with van der Waals surface area (Å²) in [7, 11) is 1.35. The monoisotopic (exact) mass is 563 g/mol. The van der Waals surface area contributed by atoms with Crippen molar-refractivity contribution in [2.75, 3.05) is 12.4 Å². The highest BCUT2D eigenvalue weighted by Crippen LogP contribution is 2.49. The highest BCUT2D eigenvalue weighted by Gasteiger charge is 2.51. The Balaban J connectivity index is 1.32. The number of benzene rings is 2. The molecule has 0 aromatic heterocycles. The first-order valence-electron chi connectivity index (χ1n) is 14.1. The minimum absolute atomic E-state index is 0.0507. The van der Waals surface area contributed by atoms with Gasteiger partial charge in [-0.25, -0.2) is 4.39 Å². The lowest BCUT2D eigenvalue weighted by Crippen LogP contribution is -2.48. The SMILES string of the molecule is COc1cc(F)c(OC2CCC(C(=O)O)CC2)cc1C(=O)NC1C2CCC(C2)C1C(=O)Nc1ccc(C)c(C#N)c1. The highest BCUT2D eigenvalue weighted by atomic mass is 19.1. The van der Waals surface area contributed by atoms with E-state index in [1.165, 1.54) is 13.2 Å². The third kappa shape index (κ3) is 5.85. The molecule has 0 heterocycles. The first kappa shape index (κ1) is 28.4. The molecule has 3 aliphatic carbocycles. The van der Waals surface area contributed by atoms with Gasteiger partial charge in [-0.1, -0.05) is 6.07 Å². The van der Waals surface area contributed by atoms with Crippen molar-refractivity contribution in [2.24, 2.45) is 23.7 Å². The zero-order valence-corrected chi connectivity index (χ0v) is 23.1. The van der Waals surface area contributed by atoms with Gasteiger partial charge in [-0.05, 0) is 87.5 Å². The van der Waals surface area contributed by atoms with Crippen LogP contribution in [0.25, 0.3) is 0 Å². The number of carbonyl (C=O) groups excluding carboxylic acids is 2. The Morgan fingerprint density at radius 1 is 1.02 bits per heavy atom. The Kier molecular flexibility index (Phi) is 8.15. The second-order valence-electron chi connectivity index (χ2n) is 11.4. The zero-order valence-electron chi connectivity index (χ0n) is 23.1. The number of anilines is 1. The van der Waals surface area contributed by atoms with Crippen molar-refractivity contribution in [3.63, 3.8) is 0 Å². The standard InChI is InChI=1S/C31H34FN3O6/c1-16-3-8-21(12-20(16)15-33)34-30(37)27-18-4-5-19(11-18)28(27)35-29(36)23-13-26(24(32)14-25(23)40-2)41-22-9-6-17(7-10-22)31(38)39/h3,8,12-14,17-19,22,27-28H,4-7,9-11H2,1-2H3,(H,34,37)(H,35,36)(H,38,39). The molecule has 216 valence electrons. The minimum atomic E-state index is -0.837. The third-order valence-electron chi connectivity index (χ3n) is 8.96. The topological polar surface area (TPSA) is 138 Å². The highest BCUT2D eigenvalue weighted by molar-refractivity contribution is 5.99. The van der Waals surface area contributed by atoms with Crippen molar-refractivity contribution in [3.8, 4) is 17.6 Å². The van der Waals surface area contributed by atoms with E-state index in [2.05, 4.69) is 16.7 Å². The fourth-order valence-corrected chi connectivity index (χ4v) is 6.73. The summed E-state index contributed by atoms with van der Waals surface area (Å²) in [5.41, 5.74) is 1.93. The number of nitrogens with one attached hydrogen (secondary N) is 2. The number of aryl methyl sites for hydroxylation is 1. The lowest BCUT2D eigenvalue weighted by atomic mass is 9.83. The molecule has 0 aliphatic heterocycles. The number of fused-ring (bicyclic) bond motifs is 2. The van der Waals surface area contributed by atoms with Crippen LogP contribution in [0.3, 0.4) is 0 Å². The zero-order chi connectivity index (χ0) is 29.3. The van der Waals surface area contributed by atoms with Crippen molar-refractivity contribution >= 4 is 23.5 Å². The van der Waals surface area contributed by atoms with E-state index in [-0.39, 0.29) is 40.9 Å².